The smallest absolute Gasteiger partial charge is 0.264 e. The van der Waals surface area contributed by atoms with E-state index in [1.165, 1.54) is 11.3 Å². The first kappa shape index (κ1) is 21.0. The molecule has 0 aliphatic carbocycles. The van der Waals surface area contributed by atoms with Crippen LogP contribution < -0.4 is 5.32 Å². The molecule has 31 heavy (non-hydrogen) atoms. The number of nitrogens with one attached hydrogen (secondary N) is 2. The summed E-state index contributed by atoms with van der Waals surface area (Å²) in [7, 11) is 0. The van der Waals surface area contributed by atoms with Gasteiger partial charge in [-0.15, -0.1) is 11.3 Å². The number of fused-ring (bicyclic) bond motifs is 1. The van der Waals surface area contributed by atoms with E-state index < -0.39 is 0 Å². The van der Waals surface area contributed by atoms with Crippen molar-refractivity contribution in [3.8, 4) is 16.6 Å². The highest BCUT2D eigenvalue weighted by atomic mass is 32.1. The first-order valence-corrected chi connectivity index (χ1v) is 10.9. The molecule has 3 aromatic heterocycles. The Balaban J connectivity index is 1.57. The van der Waals surface area contributed by atoms with E-state index >= 15 is 0 Å². The largest absolute Gasteiger partial charge is 0.349 e. The Morgan fingerprint density at radius 2 is 2.10 bits per heavy atom. The number of aromatic nitrogens is 3. The topological polar surface area (TPSA) is 115 Å². The Morgan fingerprint density at radius 3 is 2.77 bits per heavy atom. The third-order valence-electron chi connectivity index (χ3n) is 5.69. The highest BCUT2D eigenvalue weighted by molar-refractivity contribution is 7.17. The molecule has 2 amide bonds. The van der Waals surface area contributed by atoms with Gasteiger partial charge in [-0.25, -0.2) is 9.97 Å². The maximum absolute atomic E-state index is 12.8. The number of hydrogen-bond acceptors (Lipinski definition) is 6. The minimum absolute atomic E-state index is 0.0194. The number of H-pyrrole nitrogens is 1. The SMILES string of the molecule is CC(NC(=O)c1c[nH]c2ncc(-c3ccc(C(=O)N4CC(C#N)C4)s3)nc12)C(C)(C)C. The van der Waals surface area contributed by atoms with Crippen molar-refractivity contribution in [1.29, 1.82) is 5.26 Å². The van der Waals surface area contributed by atoms with Gasteiger partial charge in [-0.05, 0) is 24.5 Å². The second-order valence-electron chi connectivity index (χ2n) is 8.92. The molecule has 0 bridgehead atoms. The summed E-state index contributed by atoms with van der Waals surface area (Å²) in [6.45, 7) is 9.14. The molecule has 1 saturated heterocycles. The van der Waals surface area contributed by atoms with Crippen LogP contribution in [0, 0.1) is 22.7 Å². The van der Waals surface area contributed by atoms with Gasteiger partial charge in [0, 0.05) is 25.3 Å². The van der Waals surface area contributed by atoms with Gasteiger partial charge in [-0.1, -0.05) is 20.8 Å². The predicted octanol–water partition coefficient (Wildman–Crippen LogP) is 3.45. The summed E-state index contributed by atoms with van der Waals surface area (Å²) in [6, 6.07) is 5.76. The second kappa shape index (κ2) is 7.78. The van der Waals surface area contributed by atoms with Gasteiger partial charge >= 0.3 is 0 Å². The summed E-state index contributed by atoms with van der Waals surface area (Å²) in [4.78, 5) is 40.5. The van der Waals surface area contributed by atoms with E-state index in [0.29, 0.717) is 40.4 Å². The van der Waals surface area contributed by atoms with Gasteiger partial charge in [0.05, 0.1) is 39.2 Å². The van der Waals surface area contributed by atoms with Gasteiger partial charge in [0.15, 0.2) is 5.65 Å². The second-order valence-corrected chi connectivity index (χ2v) is 10.00. The first-order valence-electron chi connectivity index (χ1n) is 10.1. The van der Waals surface area contributed by atoms with Crippen LogP contribution in [-0.4, -0.2) is 50.8 Å². The van der Waals surface area contributed by atoms with Gasteiger partial charge in [-0.3, -0.25) is 9.59 Å². The highest BCUT2D eigenvalue weighted by Crippen LogP contribution is 2.30. The molecule has 0 spiro atoms. The molecule has 160 valence electrons. The van der Waals surface area contributed by atoms with Gasteiger partial charge in [0.2, 0.25) is 0 Å². The third-order valence-corrected chi connectivity index (χ3v) is 6.79. The molecule has 0 saturated carbocycles. The van der Waals surface area contributed by atoms with Crippen molar-refractivity contribution < 1.29 is 9.59 Å². The van der Waals surface area contributed by atoms with Crippen molar-refractivity contribution in [2.24, 2.45) is 11.3 Å². The maximum Gasteiger partial charge on any atom is 0.264 e. The average molecular weight is 437 g/mol. The molecule has 0 aromatic carbocycles. The molecule has 0 radical (unpaired) electrons. The van der Waals surface area contributed by atoms with E-state index in [0.717, 1.165) is 4.88 Å². The van der Waals surface area contributed by atoms with E-state index in [4.69, 9.17) is 5.26 Å². The Morgan fingerprint density at radius 1 is 1.35 bits per heavy atom. The molecule has 2 N–H and O–H groups in total. The van der Waals surface area contributed by atoms with Crippen LogP contribution in [0.15, 0.2) is 24.5 Å². The molecule has 1 atom stereocenters. The lowest BCUT2D eigenvalue weighted by Gasteiger charge is -2.34. The number of thiophene rings is 1. The fourth-order valence-corrected chi connectivity index (χ4v) is 4.07. The maximum atomic E-state index is 12.8. The molecule has 1 aliphatic heterocycles. The highest BCUT2D eigenvalue weighted by Gasteiger charge is 2.32. The molecule has 8 nitrogen and oxygen atoms in total. The number of rotatable bonds is 4. The summed E-state index contributed by atoms with van der Waals surface area (Å²) in [6.07, 6.45) is 3.26. The van der Waals surface area contributed by atoms with Crippen molar-refractivity contribution in [2.45, 2.75) is 33.7 Å². The van der Waals surface area contributed by atoms with E-state index in [1.54, 1.807) is 23.4 Å². The molecule has 1 aliphatic rings. The number of carbonyl (C=O) groups is 2. The molecular formula is C22H24N6O2S. The van der Waals surface area contributed by atoms with Crippen LogP contribution in [0.4, 0.5) is 0 Å². The number of nitriles is 1. The number of carbonyl (C=O) groups excluding carboxylic acids is 2. The first-order chi connectivity index (χ1) is 14.7. The van der Waals surface area contributed by atoms with Crippen molar-refractivity contribution in [2.75, 3.05) is 13.1 Å². The van der Waals surface area contributed by atoms with E-state index in [1.807, 2.05) is 13.0 Å². The molecule has 1 unspecified atom stereocenters. The Hall–Kier alpha value is -3.25. The number of hydrogen-bond donors (Lipinski definition) is 2. The normalized spacial score (nSPS) is 15.4. The Kier molecular flexibility index (Phi) is 5.27. The standard InChI is InChI=1S/C22H24N6O2S/c1-12(22(2,3)4)26-20(29)14-8-24-19-18(14)27-15(9-25-19)16-5-6-17(31-16)21(30)28-10-13(7-23)11-28/h5-6,8-9,12-13H,10-11H2,1-4H3,(H,24,25)(H,26,29). The summed E-state index contributed by atoms with van der Waals surface area (Å²) in [5.74, 6) is -0.350. The minimum Gasteiger partial charge on any atom is -0.349 e. The number of nitrogens with zero attached hydrogens (tertiary/aromatic N) is 4. The lowest BCUT2D eigenvalue weighted by molar-refractivity contribution is 0.0582. The quantitative estimate of drug-likeness (QED) is 0.650. The zero-order valence-corrected chi connectivity index (χ0v) is 18.7. The van der Waals surface area contributed by atoms with Crippen LogP contribution in [0.25, 0.3) is 21.7 Å². The van der Waals surface area contributed by atoms with E-state index in [2.05, 4.69) is 47.1 Å². The van der Waals surface area contributed by atoms with Gasteiger partial charge in [-0.2, -0.15) is 5.26 Å². The zero-order valence-electron chi connectivity index (χ0n) is 17.9. The summed E-state index contributed by atoms with van der Waals surface area (Å²) in [5, 5.41) is 11.9. The van der Waals surface area contributed by atoms with Crippen molar-refractivity contribution in [3.63, 3.8) is 0 Å². The molecule has 4 heterocycles. The van der Waals surface area contributed by atoms with Crippen LogP contribution in [0.5, 0.6) is 0 Å². The third kappa shape index (κ3) is 4.03. The summed E-state index contributed by atoms with van der Waals surface area (Å²) >= 11 is 1.33. The van der Waals surface area contributed by atoms with E-state index in [-0.39, 0.29) is 29.2 Å². The molecule has 4 rings (SSSR count). The number of likely N-dealkylation sites (tertiary alicyclic amines) is 1. The number of aromatic amines is 1. The molecule has 1 fully saturated rings. The minimum atomic E-state index is -0.202. The zero-order chi connectivity index (χ0) is 22.3. The molecular weight excluding hydrogens is 412 g/mol. The summed E-state index contributed by atoms with van der Waals surface area (Å²) in [5.41, 5.74) is 2.01. The lowest BCUT2D eigenvalue weighted by Crippen LogP contribution is -2.49. The van der Waals surface area contributed by atoms with Gasteiger partial charge in [0.25, 0.3) is 11.8 Å². The fourth-order valence-electron chi connectivity index (χ4n) is 3.15. The fraction of sp³-hybridized carbons (Fsp3) is 0.409. The monoisotopic (exact) mass is 436 g/mol. The van der Waals surface area contributed by atoms with Crippen LogP contribution in [0.1, 0.15) is 47.7 Å². The van der Waals surface area contributed by atoms with Crippen molar-refractivity contribution in [3.05, 3.63) is 35.0 Å². The van der Waals surface area contributed by atoms with Crippen LogP contribution in [0.3, 0.4) is 0 Å². The Labute approximate surface area is 184 Å². The Bertz CT molecular complexity index is 1190. The van der Waals surface area contributed by atoms with Crippen LogP contribution in [0.2, 0.25) is 0 Å². The lowest BCUT2D eigenvalue weighted by atomic mass is 9.88. The molecule has 3 aromatic rings. The van der Waals surface area contributed by atoms with Crippen molar-refractivity contribution in [1.82, 2.24) is 25.2 Å². The average Bonchev–Trinajstić information content (AvgIpc) is 3.33. The van der Waals surface area contributed by atoms with Crippen molar-refractivity contribution >= 4 is 34.3 Å². The predicted molar refractivity (Wildman–Crippen MR) is 119 cm³/mol. The van der Waals surface area contributed by atoms with Crippen LogP contribution >= 0.6 is 11.3 Å². The van der Waals surface area contributed by atoms with Crippen LogP contribution in [-0.2, 0) is 0 Å². The summed E-state index contributed by atoms with van der Waals surface area (Å²) < 4.78 is 0. The van der Waals surface area contributed by atoms with E-state index in [9.17, 15) is 9.59 Å². The molecule has 9 heteroatoms. The van der Waals surface area contributed by atoms with Gasteiger partial charge < -0.3 is 15.2 Å². The van der Waals surface area contributed by atoms with Gasteiger partial charge in [0.1, 0.15) is 5.52 Å². The number of amides is 2.